The molecule has 4 aromatic rings. The standard InChI is InChI=1S/C26H25NO5/c1-28-19-9-6-16(7-10-19)21-12-18-14-24(31-4)25(32-5)15-20(18)26(27-21)17-8-11-22(29-2)23(13-17)30-3/h6-15H,1-5H3. The summed E-state index contributed by atoms with van der Waals surface area (Å²) in [6.07, 6.45) is 0. The summed E-state index contributed by atoms with van der Waals surface area (Å²) in [7, 11) is 8.14. The summed E-state index contributed by atoms with van der Waals surface area (Å²) < 4.78 is 27.3. The molecule has 0 amide bonds. The largest absolute Gasteiger partial charge is 0.497 e. The molecule has 0 atom stereocenters. The Bertz CT molecular complexity index is 1250. The third-order valence-corrected chi connectivity index (χ3v) is 5.38. The third kappa shape index (κ3) is 3.87. The maximum absolute atomic E-state index is 5.55. The van der Waals surface area contributed by atoms with E-state index in [0.29, 0.717) is 23.0 Å². The molecule has 0 spiro atoms. The van der Waals surface area contributed by atoms with E-state index in [1.54, 1.807) is 35.5 Å². The van der Waals surface area contributed by atoms with Gasteiger partial charge in [0.15, 0.2) is 23.0 Å². The van der Waals surface area contributed by atoms with Gasteiger partial charge in [0.2, 0.25) is 0 Å². The summed E-state index contributed by atoms with van der Waals surface area (Å²) in [5, 5.41) is 1.92. The van der Waals surface area contributed by atoms with E-state index in [0.717, 1.165) is 39.0 Å². The van der Waals surface area contributed by atoms with Gasteiger partial charge in [-0.1, -0.05) is 0 Å². The van der Waals surface area contributed by atoms with Gasteiger partial charge in [-0.3, -0.25) is 0 Å². The van der Waals surface area contributed by atoms with Gasteiger partial charge in [-0.15, -0.1) is 0 Å². The molecule has 0 fully saturated rings. The zero-order valence-electron chi connectivity index (χ0n) is 18.8. The molecule has 164 valence electrons. The van der Waals surface area contributed by atoms with Crippen LogP contribution in [0.15, 0.2) is 60.7 Å². The number of aromatic nitrogens is 1. The highest BCUT2D eigenvalue weighted by Gasteiger charge is 2.16. The fourth-order valence-corrected chi connectivity index (χ4v) is 3.69. The number of methoxy groups -OCH3 is 5. The first-order chi connectivity index (χ1) is 15.6. The summed E-state index contributed by atoms with van der Waals surface area (Å²) in [4.78, 5) is 5.03. The molecule has 1 heterocycles. The molecular weight excluding hydrogens is 406 g/mol. The summed E-state index contributed by atoms with van der Waals surface area (Å²) in [6, 6.07) is 19.6. The van der Waals surface area contributed by atoms with E-state index >= 15 is 0 Å². The van der Waals surface area contributed by atoms with E-state index in [1.807, 2.05) is 60.7 Å². The molecule has 1 aromatic heterocycles. The highest BCUT2D eigenvalue weighted by molar-refractivity contribution is 5.99. The lowest BCUT2D eigenvalue weighted by Gasteiger charge is -2.15. The Balaban J connectivity index is 1.99. The van der Waals surface area contributed by atoms with Crippen molar-refractivity contribution in [3.63, 3.8) is 0 Å². The van der Waals surface area contributed by atoms with E-state index in [-0.39, 0.29) is 0 Å². The van der Waals surface area contributed by atoms with Gasteiger partial charge in [-0.25, -0.2) is 4.98 Å². The fourth-order valence-electron chi connectivity index (χ4n) is 3.69. The molecule has 0 bridgehead atoms. The smallest absolute Gasteiger partial charge is 0.161 e. The van der Waals surface area contributed by atoms with Crippen molar-refractivity contribution >= 4 is 10.8 Å². The first-order valence-electron chi connectivity index (χ1n) is 10.1. The van der Waals surface area contributed by atoms with E-state index in [9.17, 15) is 0 Å². The average Bonchev–Trinajstić information content (AvgIpc) is 2.86. The Morgan fingerprint density at radius 1 is 0.531 bits per heavy atom. The van der Waals surface area contributed by atoms with Crippen LogP contribution in [0.3, 0.4) is 0 Å². The molecule has 0 saturated carbocycles. The van der Waals surface area contributed by atoms with Crippen LogP contribution in [0.4, 0.5) is 0 Å². The van der Waals surface area contributed by atoms with E-state index in [2.05, 4.69) is 0 Å². The van der Waals surface area contributed by atoms with Gasteiger partial charge in [-0.2, -0.15) is 0 Å². The molecule has 0 radical (unpaired) electrons. The number of fused-ring (bicyclic) bond motifs is 1. The highest BCUT2D eigenvalue weighted by Crippen LogP contribution is 2.40. The van der Waals surface area contributed by atoms with Crippen molar-refractivity contribution in [2.75, 3.05) is 35.5 Å². The van der Waals surface area contributed by atoms with Crippen LogP contribution >= 0.6 is 0 Å². The fraction of sp³-hybridized carbons (Fsp3) is 0.192. The maximum Gasteiger partial charge on any atom is 0.161 e. The molecule has 4 rings (SSSR count). The highest BCUT2D eigenvalue weighted by atomic mass is 16.5. The number of pyridine rings is 1. The van der Waals surface area contributed by atoms with E-state index < -0.39 is 0 Å². The molecule has 6 heteroatoms. The number of nitrogens with zero attached hydrogens (tertiary/aromatic N) is 1. The van der Waals surface area contributed by atoms with Crippen molar-refractivity contribution in [1.29, 1.82) is 0 Å². The SMILES string of the molecule is COc1ccc(-c2cc3cc(OC)c(OC)cc3c(-c3ccc(OC)c(OC)c3)n2)cc1. The quantitative estimate of drug-likeness (QED) is 0.379. The number of hydrogen-bond acceptors (Lipinski definition) is 6. The number of ether oxygens (including phenoxy) is 5. The Labute approximate surface area is 187 Å². The second-order valence-corrected chi connectivity index (χ2v) is 7.08. The molecule has 32 heavy (non-hydrogen) atoms. The summed E-state index contributed by atoms with van der Waals surface area (Å²) in [5.41, 5.74) is 3.51. The molecule has 0 unspecified atom stereocenters. The Morgan fingerprint density at radius 2 is 1.12 bits per heavy atom. The van der Waals surface area contributed by atoms with Crippen LogP contribution in [0.2, 0.25) is 0 Å². The predicted molar refractivity (Wildman–Crippen MR) is 125 cm³/mol. The second kappa shape index (κ2) is 9.06. The van der Waals surface area contributed by atoms with Gasteiger partial charge in [0.1, 0.15) is 5.75 Å². The van der Waals surface area contributed by atoms with Crippen LogP contribution in [0.5, 0.6) is 28.7 Å². The number of hydrogen-bond donors (Lipinski definition) is 0. The first kappa shape index (κ1) is 21.3. The van der Waals surface area contributed by atoms with Crippen LogP contribution in [0, 0.1) is 0 Å². The lowest BCUT2D eigenvalue weighted by molar-refractivity contribution is 0.355. The zero-order valence-corrected chi connectivity index (χ0v) is 18.8. The topological polar surface area (TPSA) is 59.0 Å². The Hall–Kier alpha value is -3.93. The Morgan fingerprint density at radius 3 is 1.75 bits per heavy atom. The lowest BCUT2D eigenvalue weighted by Crippen LogP contribution is -1.96. The normalized spacial score (nSPS) is 10.7. The predicted octanol–water partition coefficient (Wildman–Crippen LogP) is 5.61. The second-order valence-electron chi connectivity index (χ2n) is 7.08. The minimum atomic E-state index is 0.635. The van der Waals surface area contributed by atoms with Crippen molar-refractivity contribution < 1.29 is 23.7 Å². The van der Waals surface area contributed by atoms with Crippen molar-refractivity contribution in [3.05, 3.63) is 60.7 Å². The molecule has 0 aliphatic heterocycles. The van der Waals surface area contributed by atoms with Crippen LogP contribution in [0.25, 0.3) is 33.3 Å². The minimum Gasteiger partial charge on any atom is -0.497 e. The minimum absolute atomic E-state index is 0.635. The van der Waals surface area contributed by atoms with E-state index in [4.69, 9.17) is 28.7 Å². The van der Waals surface area contributed by atoms with Gasteiger partial charge in [0, 0.05) is 16.5 Å². The molecule has 0 saturated heterocycles. The van der Waals surface area contributed by atoms with Gasteiger partial charge in [-0.05, 0) is 66.0 Å². The molecular formula is C26H25NO5. The molecule has 0 N–H and O–H groups in total. The molecule has 3 aromatic carbocycles. The van der Waals surface area contributed by atoms with Crippen molar-refractivity contribution in [3.8, 4) is 51.3 Å². The Kier molecular flexibility index (Phi) is 6.03. The van der Waals surface area contributed by atoms with Crippen LogP contribution in [0.1, 0.15) is 0 Å². The summed E-state index contributed by atoms with van der Waals surface area (Å²) in [6.45, 7) is 0. The third-order valence-electron chi connectivity index (χ3n) is 5.38. The van der Waals surface area contributed by atoms with Gasteiger partial charge < -0.3 is 23.7 Å². The molecule has 0 aliphatic carbocycles. The van der Waals surface area contributed by atoms with Crippen LogP contribution in [-0.4, -0.2) is 40.5 Å². The summed E-state index contributed by atoms with van der Waals surface area (Å²) in [5.74, 6) is 3.38. The van der Waals surface area contributed by atoms with Crippen molar-refractivity contribution in [1.82, 2.24) is 4.98 Å². The maximum atomic E-state index is 5.55. The average molecular weight is 431 g/mol. The van der Waals surface area contributed by atoms with Crippen molar-refractivity contribution in [2.45, 2.75) is 0 Å². The zero-order chi connectivity index (χ0) is 22.7. The van der Waals surface area contributed by atoms with Gasteiger partial charge >= 0.3 is 0 Å². The summed E-state index contributed by atoms with van der Waals surface area (Å²) >= 11 is 0. The molecule has 0 aliphatic rings. The number of benzene rings is 3. The number of rotatable bonds is 7. The monoisotopic (exact) mass is 431 g/mol. The van der Waals surface area contributed by atoms with E-state index in [1.165, 1.54) is 0 Å². The lowest BCUT2D eigenvalue weighted by atomic mass is 10.00. The van der Waals surface area contributed by atoms with Crippen LogP contribution in [-0.2, 0) is 0 Å². The van der Waals surface area contributed by atoms with Gasteiger partial charge in [0.05, 0.1) is 46.9 Å². The van der Waals surface area contributed by atoms with Crippen LogP contribution < -0.4 is 23.7 Å². The first-order valence-corrected chi connectivity index (χ1v) is 10.1. The van der Waals surface area contributed by atoms with Gasteiger partial charge in [0.25, 0.3) is 0 Å². The van der Waals surface area contributed by atoms with Crippen molar-refractivity contribution in [2.24, 2.45) is 0 Å². The molecule has 6 nitrogen and oxygen atoms in total.